The molecule has 102 valence electrons. The molecule has 0 unspecified atom stereocenters. The van der Waals surface area contributed by atoms with Crippen LogP contribution in [0.2, 0.25) is 0 Å². The predicted molar refractivity (Wildman–Crippen MR) is 82.1 cm³/mol. The van der Waals surface area contributed by atoms with Crippen LogP contribution < -0.4 is 5.73 Å². The Balaban J connectivity index is 1.98. The third-order valence-corrected chi connectivity index (χ3v) is 4.11. The number of ketones is 1. The number of hydrogen-bond acceptors (Lipinski definition) is 2. The molecule has 0 radical (unpaired) electrons. The van der Waals surface area contributed by atoms with E-state index in [9.17, 15) is 4.79 Å². The van der Waals surface area contributed by atoms with Crippen LogP contribution in [0, 0.1) is 6.92 Å². The Hall–Kier alpha value is -2.09. The lowest BCUT2D eigenvalue weighted by atomic mass is 9.88. The van der Waals surface area contributed by atoms with Gasteiger partial charge >= 0.3 is 0 Å². The topological polar surface area (TPSA) is 43.1 Å². The van der Waals surface area contributed by atoms with Gasteiger partial charge in [-0.25, -0.2) is 0 Å². The molecular formula is C18H19NO. The molecule has 0 spiro atoms. The Morgan fingerprint density at radius 1 is 1.00 bits per heavy atom. The van der Waals surface area contributed by atoms with Crippen LogP contribution in [-0.2, 0) is 12.8 Å². The summed E-state index contributed by atoms with van der Waals surface area (Å²) in [6.07, 6.45) is 4.73. The lowest BCUT2D eigenvalue weighted by Gasteiger charge is -2.16. The fourth-order valence-electron chi connectivity index (χ4n) is 2.97. The molecule has 0 fully saturated rings. The van der Waals surface area contributed by atoms with Gasteiger partial charge in [-0.05, 0) is 73.6 Å². The normalized spacial score (nSPS) is 13.8. The quantitative estimate of drug-likeness (QED) is 0.664. The van der Waals surface area contributed by atoms with Gasteiger partial charge < -0.3 is 5.73 Å². The second kappa shape index (κ2) is 5.12. The van der Waals surface area contributed by atoms with E-state index < -0.39 is 0 Å². The van der Waals surface area contributed by atoms with E-state index in [0.29, 0.717) is 5.69 Å². The van der Waals surface area contributed by atoms with E-state index >= 15 is 0 Å². The lowest BCUT2D eigenvalue weighted by molar-refractivity contribution is 0.103. The zero-order valence-electron chi connectivity index (χ0n) is 11.8. The molecule has 0 atom stereocenters. The maximum Gasteiger partial charge on any atom is 0.193 e. The summed E-state index contributed by atoms with van der Waals surface area (Å²) in [6, 6.07) is 11.6. The Morgan fingerprint density at radius 3 is 2.50 bits per heavy atom. The van der Waals surface area contributed by atoms with Crippen molar-refractivity contribution in [2.24, 2.45) is 0 Å². The Labute approximate surface area is 119 Å². The van der Waals surface area contributed by atoms with Crippen molar-refractivity contribution in [3.05, 3.63) is 64.2 Å². The average Bonchev–Trinajstić information content (AvgIpc) is 2.46. The van der Waals surface area contributed by atoms with E-state index in [4.69, 9.17) is 5.73 Å². The Morgan fingerprint density at radius 2 is 1.75 bits per heavy atom. The summed E-state index contributed by atoms with van der Waals surface area (Å²) in [6.45, 7) is 1.93. The van der Waals surface area contributed by atoms with E-state index in [1.165, 1.54) is 24.0 Å². The highest BCUT2D eigenvalue weighted by atomic mass is 16.1. The number of carbonyl (C=O) groups is 1. The second-order valence-electron chi connectivity index (χ2n) is 5.59. The first kappa shape index (κ1) is 12.9. The molecule has 20 heavy (non-hydrogen) atoms. The molecule has 1 aliphatic rings. The van der Waals surface area contributed by atoms with E-state index in [1.807, 2.05) is 25.1 Å². The maximum atomic E-state index is 12.6. The number of carbonyl (C=O) groups excluding carboxylic acids is 1. The minimum Gasteiger partial charge on any atom is -0.399 e. The number of nitrogen functional groups attached to an aromatic ring is 1. The summed E-state index contributed by atoms with van der Waals surface area (Å²) in [5.74, 6) is 0.0934. The first-order chi connectivity index (χ1) is 9.65. The van der Waals surface area contributed by atoms with Crippen molar-refractivity contribution in [2.45, 2.75) is 32.6 Å². The van der Waals surface area contributed by atoms with Crippen LogP contribution in [0.15, 0.2) is 36.4 Å². The number of anilines is 1. The summed E-state index contributed by atoms with van der Waals surface area (Å²) in [7, 11) is 0. The molecule has 0 aliphatic heterocycles. The number of hydrogen-bond donors (Lipinski definition) is 1. The highest BCUT2D eigenvalue weighted by Gasteiger charge is 2.15. The van der Waals surface area contributed by atoms with Crippen molar-refractivity contribution in [1.82, 2.24) is 0 Å². The fourth-order valence-corrected chi connectivity index (χ4v) is 2.97. The van der Waals surface area contributed by atoms with Crippen molar-refractivity contribution < 1.29 is 4.79 Å². The molecule has 1 aliphatic carbocycles. The molecule has 2 aromatic rings. The van der Waals surface area contributed by atoms with E-state index in [2.05, 4.69) is 12.1 Å². The van der Waals surface area contributed by atoms with Gasteiger partial charge in [0.05, 0.1) is 0 Å². The van der Waals surface area contributed by atoms with Crippen LogP contribution in [0.1, 0.15) is 45.5 Å². The number of fused-ring (bicyclic) bond motifs is 1. The molecule has 0 amide bonds. The smallest absolute Gasteiger partial charge is 0.193 e. The number of nitrogens with two attached hydrogens (primary N) is 1. The maximum absolute atomic E-state index is 12.6. The van der Waals surface area contributed by atoms with Gasteiger partial charge in [0, 0.05) is 16.8 Å². The van der Waals surface area contributed by atoms with Gasteiger partial charge in [0.25, 0.3) is 0 Å². The summed E-state index contributed by atoms with van der Waals surface area (Å²) in [5.41, 5.74) is 11.7. The van der Waals surface area contributed by atoms with Crippen LogP contribution in [0.4, 0.5) is 5.69 Å². The zero-order chi connectivity index (χ0) is 14.1. The summed E-state index contributed by atoms with van der Waals surface area (Å²) in [4.78, 5) is 12.6. The highest BCUT2D eigenvalue weighted by molar-refractivity contribution is 6.10. The standard InChI is InChI=1S/C18H19NO/c1-12-10-16(19)8-9-17(12)18(20)15-7-6-13-4-2-3-5-14(13)11-15/h6-11H,2-5,19H2,1H3. The fraction of sp³-hybridized carbons (Fsp3) is 0.278. The molecular weight excluding hydrogens is 246 g/mol. The molecule has 2 nitrogen and oxygen atoms in total. The molecule has 0 saturated carbocycles. The van der Waals surface area contributed by atoms with Gasteiger partial charge in [-0.3, -0.25) is 4.79 Å². The largest absolute Gasteiger partial charge is 0.399 e. The van der Waals surface area contributed by atoms with Gasteiger partial charge in [0.15, 0.2) is 5.78 Å². The van der Waals surface area contributed by atoms with Crippen molar-refractivity contribution in [3.63, 3.8) is 0 Å². The molecule has 0 bridgehead atoms. The summed E-state index contributed by atoms with van der Waals surface area (Å²) < 4.78 is 0. The van der Waals surface area contributed by atoms with Gasteiger partial charge in [-0.2, -0.15) is 0 Å². The third kappa shape index (κ3) is 2.34. The Bertz CT molecular complexity index is 673. The van der Waals surface area contributed by atoms with E-state index in [1.54, 1.807) is 6.07 Å². The van der Waals surface area contributed by atoms with E-state index in [0.717, 1.165) is 29.5 Å². The SMILES string of the molecule is Cc1cc(N)ccc1C(=O)c1ccc2c(c1)CCCC2. The first-order valence-electron chi connectivity index (χ1n) is 7.18. The molecule has 2 heteroatoms. The molecule has 0 aromatic heterocycles. The zero-order valence-corrected chi connectivity index (χ0v) is 11.8. The van der Waals surface area contributed by atoms with Gasteiger partial charge in [0.1, 0.15) is 0 Å². The van der Waals surface area contributed by atoms with Gasteiger partial charge in [0.2, 0.25) is 0 Å². The summed E-state index contributed by atoms with van der Waals surface area (Å²) in [5, 5.41) is 0. The number of aryl methyl sites for hydroxylation is 3. The Kier molecular flexibility index (Phi) is 3.31. The van der Waals surface area contributed by atoms with Gasteiger partial charge in [-0.15, -0.1) is 0 Å². The minimum atomic E-state index is 0.0934. The van der Waals surface area contributed by atoms with E-state index in [-0.39, 0.29) is 5.78 Å². The van der Waals surface area contributed by atoms with Crippen LogP contribution in [0.5, 0.6) is 0 Å². The van der Waals surface area contributed by atoms with Crippen molar-refractivity contribution in [1.29, 1.82) is 0 Å². The van der Waals surface area contributed by atoms with Gasteiger partial charge in [-0.1, -0.05) is 12.1 Å². The van der Waals surface area contributed by atoms with Crippen molar-refractivity contribution in [2.75, 3.05) is 5.73 Å². The number of benzene rings is 2. The highest BCUT2D eigenvalue weighted by Crippen LogP contribution is 2.24. The average molecular weight is 265 g/mol. The number of rotatable bonds is 2. The van der Waals surface area contributed by atoms with Crippen LogP contribution >= 0.6 is 0 Å². The monoisotopic (exact) mass is 265 g/mol. The van der Waals surface area contributed by atoms with Crippen molar-refractivity contribution in [3.8, 4) is 0 Å². The molecule has 0 heterocycles. The van der Waals surface area contributed by atoms with Crippen molar-refractivity contribution >= 4 is 11.5 Å². The summed E-state index contributed by atoms with van der Waals surface area (Å²) >= 11 is 0. The minimum absolute atomic E-state index is 0.0934. The predicted octanol–water partition coefficient (Wildman–Crippen LogP) is 3.69. The molecule has 3 rings (SSSR count). The third-order valence-electron chi connectivity index (χ3n) is 4.11. The molecule has 0 saturated heterocycles. The molecule has 2 N–H and O–H groups in total. The molecule has 2 aromatic carbocycles. The first-order valence-corrected chi connectivity index (χ1v) is 7.18. The van der Waals surface area contributed by atoms with Crippen LogP contribution in [-0.4, -0.2) is 5.78 Å². The van der Waals surface area contributed by atoms with Crippen LogP contribution in [0.25, 0.3) is 0 Å². The second-order valence-corrected chi connectivity index (χ2v) is 5.59. The lowest BCUT2D eigenvalue weighted by Crippen LogP contribution is -2.08. The van der Waals surface area contributed by atoms with Crippen LogP contribution in [0.3, 0.4) is 0 Å².